The fraction of sp³-hybridized carbons (Fsp3) is 0.706. The molecule has 0 saturated carbocycles. The highest BCUT2D eigenvalue weighted by Gasteiger charge is 2.22. The number of aromatic nitrogens is 2. The maximum Gasteiger partial charge on any atom is 0.222 e. The van der Waals surface area contributed by atoms with Gasteiger partial charge in [-0.2, -0.15) is 0 Å². The number of rotatable bonds is 4. The molecule has 2 aliphatic heterocycles. The van der Waals surface area contributed by atoms with E-state index in [1.807, 2.05) is 4.90 Å². The van der Waals surface area contributed by atoms with E-state index in [4.69, 9.17) is 0 Å². The summed E-state index contributed by atoms with van der Waals surface area (Å²) >= 11 is 0. The summed E-state index contributed by atoms with van der Waals surface area (Å²) in [5.41, 5.74) is 0. The van der Waals surface area contributed by atoms with Gasteiger partial charge in [0.2, 0.25) is 5.91 Å². The number of hydrogen-bond acceptors (Lipinski definition) is 5. The first-order valence-electron chi connectivity index (χ1n) is 8.87. The van der Waals surface area contributed by atoms with Crippen molar-refractivity contribution in [3.8, 4) is 0 Å². The third-order valence-electron chi connectivity index (χ3n) is 4.74. The van der Waals surface area contributed by atoms with E-state index >= 15 is 0 Å². The van der Waals surface area contributed by atoms with E-state index < -0.39 is 0 Å². The maximum absolute atomic E-state index is 12.0. The molecule has 2 saturated heterocycles. The highest BCUT2D eigenvalue weighted by atomic mass is 16.2. The van der Waals surface area contributed by atoms with Gasteiger partial charge in [-0.15, -0.1) is 0 Å². The predicted molar refractivity (Wildman–Crippen MR) is 91.8 cm³/mol. The van der Waals surface area contributed by atoms with E-state index in [1.165, 1.54) is 19.3 Å². The minimum atomic E-state index is 0.281. The highest BCUT2D eigenvalue weighted by Crippen LogP contribution is 2.22. The van der Waals surface area contributed by atoms with Gasteiger partial charge in [0.05, 0.1) is 0 Å². The maximum atomic E-state index is 12.0. The molecule has 0 aromatic carbocycles. The Balaban J connectivity index is 1.61. The van der Waals surface area contributed by atoms with Crippen molar-refractivity contribution in [1.82, 2.24) is 14.9 Å². The van der Waals surface area contributed by atoms with Gasteiger partial charge in [-0.25, -0.2) is 9.97 Å². The van der Waals surface area contributed by atoms with Crippen molar-refractivity contribution in [2.45, 2.75) is 39.0 Å². The highest BCUT2D eigenvalue weighted by molar-refractivity contribution is 5.76. The molecule has 2 aliphatic rings. The van der Waals surface area contributed by atoms with Gasteiger partial charge in [-0.1, -0.05) is 6.92 Å². The van der Waals surface area contributed by atoms with Crippen molar-refractivity contribution in [2.24, 2.45) is 0 Å². The number of nitrogens with zero attached hydrogens (tertiary/aromatic N) is 5. The molecule has 0 unspecified atom stereocenters. The molecule has 1 aromatic heterocycles. The zero-order chi connectivity index (χ0) is 16.1. The first kappa shape index (κ1) is 16.0. The quantitative estimate of drug-likeness (QED) is 0.849. The Labute approximate surface area is 138 Å². The fourth-order valence-corrected chi connectivity index (χ4v) is 3.36. The van der Waals surface area contributed by atoms with E-state index in [1.54, 1.807) is 6.33 Å². The standard InChI is InChI=1S/C17H27N5O/c1-2-6-17(23)22-11-9-21(10-12-22)16-13-15(18-14-19-16)20-7-4-3-5-8-20/h13-14H,2-12H2,1H3. The molecule has 126 valence electrons. The van der Waals surface area contributed by atoms with Gasteiger partial charge < -0.3 is 14.7 Å². The summed E-state index contributed by atoms with van der Waals surface area (Å²) in [6.07, 6.45) is 7.07. The molecule has 2 fully saturated rings. The molecule has 0 bridgehead atoms. The molecule has 3 heterocycles. The van der Waals surface area contributed by atoms with E-state index in [2.05, 4.69) is 32.8 Å². The smallest absolute Gasteiger partial charge is 0.222 e. The molecule has 0 radical (unpaired) electrons. The first-order valence-corrected chi connectivity index (χ1v) is 8.87. The molecule has 1 amide bonds. The summed E-state index contributed by atoms with van der Waals surface area (Å²) in [6.45, 7) is 7.53. The number of piperazine rings is 1. The molecule has 0 N–H and O–H groups in total. The van der Waals surface area contributed by atoms with E-state index in [9.17, 15) is 4.79 Å². The molecule has 0 aliphatic carbocycles. The summed E-state index contributed by atoms with van der Waals surface area (Å²) in [6, 6.07) is 2.11. The van der Waals surface area contributed by atoms with Crippen LogP contribution in [0.5, 0.6) is 0 Å². The van der Waals surface area contributed by atoms with Gasteiger partial charge in [0.15, 0.2) is 0 Å². The fourth-order valence-electron chi connectivity index (χ4n) is 3.36. The normalized spacial score (nSPS) is 19.1. The van der Waals surface area contributed by atoms with Crippen LogP contribution < -0.4 is 9.80 Å². The van der Waals surface area contributed by atoms with Crippen LogP contribution in [0.3, 0.4) is 0 Å². The van der Waals surface area contributed by atoms with Crippen molar-refractivity contribution < 1.29 is 4.79 Å². The summed E-state index contributed by atoms with van der Waals surface area (Å²) in [7, 11) is 0. The largest absolute Gasteiger partial charge is 0.356 e. The van der Waals surface area contributed by atoms with Crippen molar-refractivity contribution in [1.29, 1.82) is 0 Å². The monoisotopic (exact) mass is 317 g/mol. The SMILES string of the molecule is CCCC(=O)N1CCN(c2cc(N3CCCCC3)ncn2)CC1. The van der Waals surface area contributed by atoms with Crippen LogP contribution in [0.1, 0.15) is 39.0 Å². The Morgan fingerprint density at radius 1 is 0.957 bits per heavy atom. The first-order chi connectivity index (χ1) is 11.3. The van der Waals surface area contributed by atoms with Gasteiger partial charge in [-0.05, 0) is 25.7 Å². The third-order valence-corrected chi connectivity index (χ3v) is 4.74. The van der Waals surface area contributed by atoms with Crippen LogP contribution in [0, 0.1) is 0 Å². The van der Waals surface area contributed by atoms with E-state index in [-0.39, 0.29) is 5.91 Å². The summed E-state index contributed by atoms with van der Waals surface area (Å²) < 4.78 is 0. The van der Waals surface area contributed by atoms with Gasteiger partial charge in [0.1, 0.15) is 18.0 Å². The lowest BCUT2D eigenvalue weighted by molar-refractivity contribution is -0.131. The Hall–Kier alpha value is -1.85. The second-order valence-electron chi connectivity index (χ2n) is 6.40. The molecule has 3 rings (SSSR count). The zero-order valence-electron chi connectivity index (χ0n) is 14.1. The van der Waals surface area contributed by atoms with Crippen molar-refractivity contribution in [2.75, 3.05) is 49.1 Å². The third kappa shape index (κ3) is 3.92. The van der Waals surface area contributed by atoms with E-state index in [0.717, 1.165) is 57.3 Å². The van der Waals surface area contributed by atoms with Crippen molar-refractivity contribution >= 4 is 17.5 Å². The number of anilines is 2. The average molecular weight is 317 g/mol. The second-order valence-corrected chi connectivity index (χ2v) is 6.40. The van der Waals surface area contributed by atoms with Crippen LogP contribution >= 0.6 is 0 Å². The Morgan fingerprint density at radius 2 is 1.57 bits per heavy atom. The van der Waals surface area contributed by atoms with Crippen LogP contribution in [-0.4, -0.2) is 60.0 Å². The molecular weight excluding hydrogens is 290 g/mol. The number of carbonyl (C=O) groups excluding carboxylic acids is 1. The minimum Gasteiger partial charge on any atom is -0.356 e. The molecule has 0 spiro atoms. The molecular formula is C17H27N5O. The molecule has 23 heavy (non-hydrogen) atoms. The van der Waals surface area contributed by atoms with Crippen molar-refractivity contribution in [3.63, 3.8) is 0 Å². The van der Waals surface area contributed by atoms with Gasteiger partial charge in [-0.3, -0.25) is 4.79 Å². The van der Waals surface area contributed by atoms with Crippen LogP contribution in [0.25, 0.3) is 0 Å². The van der Waals surface area contributed by atoms with Crippen LogP contribution in [0.15, 0.2) is 12.4 Å². The summed E-state index contributed by atoms with van der Waals surface area (Å²) in [5, 5.41) is 0. The van der Waals surface area contributed by atoms with Crippen LogP contribution in [-0.2, 0) is 4.79 Å². The Bertz CT molecular complexity index is 521. The summed E-state index contributed by atoms with van der Waals surface area (Å²) in [5.74, 6) is 2.31. The lowest BCUT2D eigenvalue weighted by atomic mass is 10.1. The van der Waals surface area contributed by atoms with Crippen LogP contribution in [0.2, 0.25) is 0 Å². The number of amides is 1. The number of hydrogen-bond donors (Lipinski definition) is 0. The lowest BCUT2D eigenvalue weighted by Gasteiger charge is -2.36. The molecule has 1 aromatic rings. The van der Waals surface area contributed by atoms with Gasteiger partial charge in [0.25, 0.3) is 0 Å². The Morgan fingerprint density at radius 3 is 2.17 bits per heavy atom. The summed E-state index contributed by atoms with van der Waals surface area (Å²) in [4.78, 5) is 27.5. The van der Waals surface area contributed by atoms with Gasteiger partial charge >= 0.3 is 0 Å². The van der Waals surface area contributed by atoms with Crippen molar-refractivity contribution in [3.05, 3.63) is 12.4 Å². The molecule has 6 nitrogen and oxygen atoms in total. The molecule has 0 atom stereocenters. The zero-order valence-corrected chi connectivity index (χ0v) is 14.1. The topological polar surface area (TPSA) is 52.6 Å². The van der Waals surface area contributed by atoms with Crippen LogP contribution in [0.4, 0.5) is 11.6 Å². The predicted octanol–water partition coefficient (Wildman–Crippen LogP) is 1.92. The number of piperidine rings is 1. The van der Waals surface area contributed by atoms with E-state index in [0.29, 0.717) is 6.42 Å². The minimum absolute atomic E-state index is 0.281. The molecule has 6 heteroatoms. The number of carbonyl (C=O) groups is 1. The van der Waals surface area contributed by atoms with Gasteiger partial charge in [0, 0.05) is 51.8 Å². The second kappa shape index (κ2) is 7.62. The average Bonchev–Trinajstić information content (AvgIpc) is 2.63. The lowest BCUT2D eigenvalue weighted by Crippen LogP contribution is -2.49. The Kier molecular flexibility index (Phi) is 5.31.